The molecule has 1 saturated heterocycles. The van der Waals surface area contributed by atoms with Gasteiger partial charge in [-0.25, -0.2) is 0 Å². The van der Waals surface area contributed by atoms with Crippen LogP contribution in [0.5, 0.6) is 0 Å². The maximum absolute atomic E-state index is 12.4. The lowest BCUT2D eigenvalue weighted by atomic mass is 10.2. The van der Waals surface area contributed by atoms with Crippen LogP contribution in [0.3, 0.4) is 0 Å². The topological polar surface area (TPSA) is 298 Å². The number of hydrogen-bond donors (Lipinski definition) is 10. The van der Waals surface area contributed by atoms with Gasteiger partial charge in [-0.1, -0.05) is 27.7 Å². The number of carbonyl (C=O) groups is 1. The number of nitrogens with one attached hydrogen (secondary N) is 1. The molecule has 4 unspecified atom stereocenters. The highest BCUT2D eigenvalue weighted by Gasteiger charge is 2.58. The minimum absolute atomic E-state index is 0.0226. The number of amides is 1. The molecular formula is C41H88N6O16P2. The standard InChI is InChI=1S/C41H88N6O16P2/c1-5-36(48)32-45(13-10-40(52)42-12-9-11-41(53,64(54,55)56)65(57,58)59)21-25-61-29-30-62-26-22-46(33-37(49)6-2)19-18-43-14-16-44(17-15-43)20-24-60-28-31-63-27-23-47(34-38(50)7-3)35-39(51)8-4/h36-39,48-51,53H,5-35H2,1-4H3,(H,42,52)(H2,54,55,56)(H2,57,58,59). The van der Waals surface area contributed by atoms with Gasteiger partial charge in [-0.05, 0) is 32.1 Å². The molecule has 0 aromatic carbocycles. The molecule has 0 bridgehead atoms. The van der Waals surface area contributed by atoms with Crippen LogP contribution >= 0.6 is 15.2 Å². The Labute approximate surface area is 387 Å². The van der Waals surface area contributed by atoms with Crippen molar-refractivity contribution in [2.75, 3.05) is 158 Å². The van der Waals surface area contributed by atoms with E-state index < -0.39 is 57.0 Å². The van der Waals surface area contributed by atoms with Gasteiger partial charge in [0.2, 0.25) is 5.91 Å². The van der Waals surface area contributed by atoms with E-state index in [9.17, 15) is 59.0 Å². The smallest absolute Gasteiger partial charge is 0.369 e. The molecule has 0 aliphatic carbocycles. The molecule has 65 heavy (non-hydrogen) atoms. The SMILES string of the molecule is CCC(O)CN(CCOCCOCCN(CCN1CCN(CCOCCOCCN(CC(O)CC)CC(O)CC)CC1)CC(O)CC)CCC(=O)NCCCC(O)(P(=O)(O)O)P(=O)(O)O. The van der Waals surface area contributed by atoms with Crippen LogP contribution in [0.1, 0.15) is 72.6 Å². The van der Waals surface area contributed by atoms with E-state index in [0.717, 1.165) is 45.8 Å². The molecule has 0 aromatic rings. The van der Waals surface area contributed by atoms with Gasteiger partial charge in [-0.3, -0.25) is 38.4 Å². The maximum Gasteiger partial charge on any atom is 0.369 e. The fourth-order valence-corrected chi connectivity index (χ4v) is 9.11. The van der Waals surface area contributed by atoms with Crippen LogP contribution in [-0.2, 0) is 32.9 Å². The number of carbonyl (C=O) groups excluding carboxylic acids is 1. The van der Waals surface area contributed by atoms with E-state index in [0.29, 0.717) is 124 Å². The van der Waals surface area contributed by atoms with E-state index in [-0.39, 0.29) is 25.9 Å². The normalized spacial score (nSPS) is 16.7. The number of piperazine rings is 1. The lowest BCUT2D eigenvalue weighted by Crippen LogP contribution is -2.49. The molecule has 0 radical (unpaired) electrons. The second-order valence-electron chi connectivity index (χ2n) is 16.8. The molecule has 0 aromatic heterocycles. The van der Waals surface area contributed by atoms with Crippen LogP contribution in [0.25, 0.3) is 0 Å². The van der Waals surface area contributed by atoms with Gasteiger partial charge in [-0.2, -0.15) is 0 Å². The van der Waals surface area contributed by atoms with Crippen molar-refractivity contribution in [2.24, 2.45) is 0 Å². The van der Waals surface area contributed by atoms with Gasteiger partial charge in [-0.15, -0.1) is 0 Å². The average molecular weight is 983 g/mol. The van der Waals surface area contributed by atoms with Gasteiger partial charge >= 0.3 is 15.2 Å². The summed E-state index contributed by atoms with van der Waals surface area (Å²) < 4.78 is 46.2. The van der Waals surface area contributed by atoms with Gasteiger partial charge in [0.1, 0.15) is 0 Å². The van der Waals surface area contributed by atoms with Crippen molar-refractivity contribution in [1.29, 1.82) is 0 Å². The van der Waals surface area contributed by atoms with Gasteiger partial charge in [0.25, 0.3) is 5.08 Å². The number of hydrogen-bond acceptors (Lipinski definition) is 17. The summed E-state index contributed by atoms with van der Waals surface area (Å²) in [6, 6.07) is 0. The average Bonchev–Trinajstić information content (AvgIpc) is 3.26. The van der Waals surface area contributed by atoms with Gasteiger partial charge < -0.3 is 69.4 Å². The third kappa shape index (κ3) is 28.5. The third-order valence-corrected chi connectivity index (χ3v) is 15.4. The molecule has 0 saturated carbocycles. The Morgan fingerprint density at radius 2 is 0.938 bits per heavy atom. The summed E-state index contributed by atoms with van der Waals surface area (Å²) in [7, 11) is -11.1. The Morgan fingerprint density at radius 1 is 0.569 bits per heavy atom. The molecule has 0 spiro atoms. The molecule has 1 aliphatic rings. The Kier molecular flexibility index (Phi) is 33.8. The Bertz CT molecular complexity index is 1270. The zero-order valence-electron chi connectivity index (χ0n) is 39.7. The summed E-state index contributed by atoms with van der Waals surface area (Å²) in [5.41, 5.74) is 0. The van der Waals surface area contributed by atoms with E-state index in [1.807, 2.05) is 32.6 Å². The van der Waals surface area contributed by atoms with Gasteiger partial charge in [0.05, 0.1) is 77.3 Å². The predicted octanol–water partition coefficient (Wildman–Crippen LogP) is -1.05. The first-order valence-corrected chi connectivity index (χ1v) is 26.8. The minimum atomic E-state index is -5.56. The number of nitrogens with zero attached hydrogens (tertiary/aromatic N) is 5. The summed E-state index contributed by atoms with van der Waals surface area (Å²) in [4.78, 5) is 60.5. The molecule has 1 heterocycles. The summed E-state index contributed by atoms with van der Waals surface area (Å²) in [5.74, 6) is -0.420. The van der Waals surface area contributed by atoms with Crippen LogP contribution in [-0.4, -0.2) is 263 Å². The Balaban J connectivity index is 2.30. The van der Waals surface area contributed by atoms with Crippen molar-refractivity contribution < 1.29 is 78.0 Å². The van der Waals surface area contributed by atoms with E-state index in [1.165, 1.54) is 0 Å². The van der Waals surface area contributed by atoms with E-state index >= 15 is 0 Å². The fraction of sp³-hybridized carbons (Fsp3) is 0.976. The molecule has 24 heteroatoms. The van der Waals surface area contributed by atoms with Gasteiger partial charge in [0.15, 0.2) is 0 Å². The molecule has 1 fully saturated rings. The molecule has 4 atom stereocenters. The molecule has 388 valence electrons. The van der Waals surface area contributed by atoms with Crippen molar-refractivity contribution >= 4 is 21.1 Å². The van der Waals surface area contributed by atoms with Crippen molar-refractivity contribution in [3.05, 3.63) is 0 Å². The highest BCUT2D eigenvalue weighted by molar-refractivity contribution is 7.72. The molecular weight excluding hydrogens is 894 g/mol. The molecule has 1 amide bonds. The van der Waals surface area contributed by atoms with Crippen molar-refractivity contribution in [3.8, 4) is 0 Å². The van der Waals surface area contributed by atoms with Crippen molar-refractivity contribution in [1.82, 2.24) is 29.8 Å². The van der Waals surface area contributed by atoms with E-state index in [4.69, 9.17) is 18.9 Å². The lowest BCUT2D eigenvalue weighted by Gasteiger charge is -2.36. The second-order valence-corrected chi connectivity index (χ2v) is 20.8. The van der Waals surface area contributed by atoms with Gasteiger partial charge in [0, 0.05) is 118 Å². The Morgan fingerprint density at radius 3 is 1.35 bits per heavy atom. The van der Waals surface area contributed by atoms with Crippen LogP contribution in [0.2, 0.25) is 0 Å². The highest BCUT2D eigenvalue weighted by Crippen LogP contribution is 2.69. The largest absolute Gasteiger partial charge is 0.392 e. The Hall–Kier alpha value is -0.790. The summed E-state index contributed by atoms with van der Waals surface area (Å²) in [6.07, 6.45) is -0.536. The monoisotopic (exact) mass is 983 g/mol. The number of aliphatic hydroxyl groups excluding tert-OH is 4. The minimum Gasteiger partial charge on any atom is -0.392 e. The van der Waals surface area contributed by atoms with Crippen LogP contribution < -0.4 is 5.32 Å². The zero-order chi connectivity index (χ0) is 48.7. The van der Waals surface area contributed by atoms with E-state index in [2.05, 4.69) is 24.9 Å². The van der Waals surface area contributed by atoms with Crippen LogP contribution in [0.15, 0.2) is 0 Å². The molecule has 10 N–H and O–H groups in total. The third-order valence-electron chi connectivity index (χ3n) is 11.5. The zero-order valence-corrected chi connectivity index (χ0v) is 41.5. The lowest BCUT2D eigenvalue weighted by molar-refractivity contribution is -0.121. The highest BCUT2D eigenvalue weighted by atomic mass is 31.2. The van der Waals surface area contributed by atoms with Crippen molar-refractivity contribution in [2.45, 2.75) is 102 Å². The van der Waals surface area contributed by atoms with Crippen LogP contribution in [0, 0.1) is 0 Å². The summed E-state index contributed by atoms with van der Waals surface area (Å²) in [6.45, 7) is 21.5. The number of rotatable bonds is 42. The maximum atomic E-state index is 12.4. The molecule has 1 aliphatic heterocycles. The summed E-state index contributed by atoms with van der Waals surface area (Å²) in [5, 5.41) is 49.7. The summed E-state index contributed by atoms with van der Waals surface area (Å²) >= 11 is 0. The quantitative estimate of drug-likeness (QED) is 0.0258. The van der Waals surface area contributed by atoms with Crippen LogP contribution in [0.4, 0.5) is 0 Å². The first-order valence-electron chi connectivity index (χ1n) is 23.5. The predicted molar refractivity (Wildman–Crippen MR) is 247 cm³/mol. The second kappa shape index (κ2) is 35.3. The number of aliphatic hydroxyl groups is 5. The van der Waals surface area contributed by atoms with Crippen molar-refractivity contribution in [3.63, 3.8) is 0 Å². The fourth-order valence-electron chi connectivity index (χ4n) is 6.85. The molecule has 22 nitrogen and oxygen atoms in total. The molecule has 1 rings (SSSR count). The first-order chi connectivity index (χ1) is 30.8. The van der Waals surface area contributed by atoms with E-state index in [1.54, 1.807) is 0 Å². The first kappa shape index (κ1) is 62.2. The number of ether oxygens (including phenoxy) is 4.